The summed E-state index contributed by atoms with van der Waals surface area (Å²) in [5.74, 6) is -0.435. The third-order valence-corrected chi connectivity index (χ3v) is 3.60. The van der Waals surface area contributed by atoms with Crippen LogP contribution < -0.4 is 11.1 Å². The molecule has 0 saturated carbocycles. The Labute approximate surface area is 101 Å². The fourth-order valence-corrected chi connectivity index (χ4v) is 2.20. The van der Waals surface area contributed by atoms with E-state index in [1.54, 1.807) is 0 Å². The molecule has 0 atom stereocenters. The van der Waals surface area contributed by atoms with Gasteiger partial charge in [-0.15, -0.1) is 0 Å². The Bertz CT molecular complexity index is 448. The zero-order valence-corrected chi connectivity index (χ0v) is 10.7. The molecule has 5 heteroatoms. The van der Waals surface area contributed by atoms with Gasteiger partial charge in [-0.2, -0.15) is 5.10 Å². The smallest absolute Gasteiger partial charge is 0.269 e. The zero-order valence-electron chi connectivity index (χ0n) is 10.7. The number of nitrogens with one attached hydrogen (secondary N) is 1. The first kappa shape index (κ1) is 12.1. The van der Waals surface area contributed by atoms with Crippen molar-refractivity contribution in [1.29, 1.82) is 0 Å². The fraction of sp³-hybridized carbons (Fsp3) is 0.667. The predicted molar refractivity (Wildman–Crippen MR) is 65.8 cm³/mol. The van der Waals surface area contributed by atoms with E-state index in [9.17, 15) is 4.79 Å². The molecule has 1 aromatic heterocycles. The maximum absolute atomic E-state index is 11.4. The van der Waals surface area contributed by atoms with Crippen molar-refractivity contribution in [3.63, 3.8) is 0 Å². The van der Waals surface area contributed by atoms with E-state index in [1.807, 2.05) is 4.68 Å². The number of carbonyl (C=O) groups excluding carboxylic acids is 1. The van der Waals surface area contributed by atoms with Crippen LogP contribution in [0.15, 0.2) is 0 Å². The number of fused-ring (bicyclic) bond motifs is 1. The molecule has 5 nitrogen and oxygen atoms in total. The van der Waals surface area contributed by atoms with Gasteiger partial charge < -0.3 is 11.1 Å². The SMILES string of the molecule is CCC(C)(C)n1nc(C(N)=O)c2c1CCNC2. The number of aromatic nitrogens is 2. The molecule has 0 fully saturated rings. The van der Waals surface area contributed by atoms with Crippen molar-refractivity contribution in [3.05, 3.63) is 17.0 Å². The van der Waals surface area contributed by atoms with E-state index in [0.717, 1.165) is 30.6 Å². The minimum absolute atomic E-state index is 0.0743. The molecule has 1 aromatic rings. The normalized spacial score (nSPS) is 15.7. The van der Waals surface area contributed by atoms with Crippen LogP contribution in [0.2, 0.25) is 0 Å². The van der Waals surface area contributed by atoms with E-state index in [1.165, 1.54) is 0 Å². The lowest BCUT2D eigenvalue weighted by Crippen LogP contribution is -2.32. The molecule has 2 heterocycles. The summed E-state index contributed by atoms with van der Waals surface area (Å²) in [5.41, 5.74) is 7.88. The van der Waals surface area contributed by atoms with Gasteiger partial charge in [-0.05, 0) is 20.3 Å². The third kappa shape index (κ3) is 1.95. The second-order valence-corrected chi connectivity index (χ2v) is 5.14. The number of hydrogen-bond acceptors (Lipinski definition) is 3. The largest absolute Gasteiger partial charge is 0.364 e. The van der Waals surface area contributed by atoms with Crippen molar-refractivity contribution in [1.82, 2.24) is 15.1 Å². The molecule has 0 bridgehead atoms. The van der Waals surface area contributed by atoms with Crippen molar-refractivity contribution in [2.24, 2.45) is 5.73 Å². The zero-order chi connectivity index (χ0) is 12.6. The molecule has 94 valence electrons. The first-order chi connectivity index (χ1) is 7.97. The molecule has 0 aliphatic carbocycles. The molecule has 17 heavy (non-hydrogen) atoms. The summed E-state index contributed by atoms with van der Waals surface area (Å²) in [4.78, 5) is 11.4. The maximum atomic E-state index is 11.4. The van der Waals surface area contributed by atoms with E-state index >= 15 is 0 Å². The van der Waals surface area contributed by atoms with Crippen molar-refractivity contribution in [3.8, 4) is 0 Å². The number of carbonyl (C=O) groups is 1. The van der Waals surface area contributed by atoms with Gasteiger partial charge in [0, 0.05) is 30.8 Å². The van der Waals surface area contributed by atoms with Crippen molar-refractivity contribution < 1.29 is 4.79 Å². The topological polar surface area (TPSA) is 72.9 Å². The van der Waals surface area contributed by atoms with Gasteiger partial charge in [0.25, 0.3) is 5.91 Å². The quantitative estimate of drug-likeness (QED) is 0.814. The molecule has 1 aliphatic heterocycles. The highest BCUT2D eigenvalue weighted by Gasteiger charge is 2.29. The van der Waals surface area contributed by atoms with Crippen LogP contribution in [-0.4, -0.2) is 22.2 Å². The summed E-state index contributed by atoms with van der Waals surface area (Å²) in [7, 11) is 0. The Hall–Kier alpha value is -1.36. The van der Waals surface area contributed by atoms with Gasteiger partial charge in [0.05, 0.1) is 5.54 Å². The van der Waals surface area contributed by atoms with E-state index in [0.29, 0.717) is 12.2 Å². The molecule has 0 radical (unpaired) electrons. The van der Waals surface area contributed by atoms with Crippen molar-refractivity contribution >= 4 is 5.91 Å². The Morgan fingerprint density at radius 2 is 2.29 bits per heavy atom. The second-order valence-electron chi connectivity index (χ2n) is 5.14. The van der Waals surface area contributed by atoms with E-state index in [2.05, 4.69) is 31.2 Å². The van der Waals surface area contributed by atoms with Gasteiger partial charge in [0.1, 0.15) is 0 Å². The minimum Gasteiger partial charge on any atom is -0.364 e. The summed E-state index contributed by atoms with van der Waals surface area (Å²) in [5, 5.41) is 7.69. The molecule has 0 saturated heterocycles. The summed E-state index contributed by atoms with van der Waals surface area (Å²) >= 11 is 0. The first-order valence-electron chi connectivity index (χ1n) is 6.09. The molecular formula is C12H20N4O. The summed E-state index contributed by atoms with van der Waals surface area (Å²) < 4.78 is 1.99. The predicted octanol–water partition coefficient (Wildman–Crippen LogP) is 0.773. The summed E-state index contributed by atoms with van der Waals surface area (Å²) in [6.07, 6.45) is 1.87. The molecule has 3 N–H and O–H groups in total. The van der Waals surface area contributed by atoms with Crippen LogP contribution in [0.1, 0.15) is 48.9 Å². The Morgan fingerprint density at radius 3 is 2.88 bits per heavy atom. The van der Waals surface area contributed by atoms with E-state index in [4.69, 9.17) is 5.73 Å². The van der Waals surface area contributed by atoms with Crippen LogP contribution in [-0.2, 0) is 18.5 Å². The van der Waals surface area contributed by atoms with Crippen LogP contribution in [0.4, 0.5) is 0 Å². The number of primary amides is 1. The van der Waals surface area contributed by atoms with Crippen molar-refractivity contribution in [2.45, 2.75) is 45.7 Å². The van der Waals surface area contributed by atoms with Gasteiger partial charge in [-0.3, -0.25) is 9.48 Å². The van der Waals surface area contributed by atoms with Gasteiger partial charge >= 0.3 is 0 Å². The number of hydrogen-bond donors (Lipinski definition) is 2. The van der Waals surface area contributed by atoms with Gasteiger partial charge in [0.2, 0.25) is 0 Å². The lowest BCUT2D eigenvalue weighted by atomic mass is 10.00. The van der Waals surface area contributed by atoms with Crippen LogP contribution in [0.5, 0.6) is 0 Å². The second kappa shape index (κ2) is 4.14. The van der Waals surface area contributed by atoms with Crippen LogP contribution in [0.25, 0.3) is 0 Å². The van der Waals surface area contributed by atoms with Gasteiger partial charge in [-0.25, -0.2) is 0 Å². The average molecular weight is 236 g/mol. The maximum Gasteiger partial charge on any atom is 0.269 e. The molecule has 0 aromatic carbocycles. The molecule has 2 rings (SSSR count). The molecule has 0 spiro atoms. The third-order valence-electron chi connectivity index (χ3n) is 3.60. The fourth-order valence-electron chi connectivity index (χ4n) is 2.20. The van der Waals surface area contributed by atoms with E-state index < -0.39 is 5.91 Å². The Morgan fingerprint density at radius 1 is 1.59 bits per heavy atom. The monoisotopic (exact) mass is 236 g/mol. The lowest BCUT2D eigenvalue weighted by Gasteiger charge is -2.27. The summed E-state index contributed by atoms with van der Waals surface area (Å²) in [6.45, 7) is 8.00. The highest BCUT2D eigenvalue weighted by atomic mass is 16.1. The van der Waals surface area contributed by atoms with Crippen LogP contribution in [0, 0.1) is 0 Å². The molecule has 1 amide bonds. The number of rotatable bonds is 3. The Kier molecular flexibility index (Phi) is 2.95. The standard InChI is InChI=1S/C12H20N4O/c1-4-12(2,3)16-9-5-6-14-7-8(9)10(15-16)11(13)17/h14H,4-7H2,1-3H3,(H2,13,17). The highest BCUT2D eigenvalue weighted by Crippen LogP contribution is 2.26. The van der Waals surface area contributed by atoms with Crippen molar-refractivity contribution in [2.75, 3.05) is 6.54 Å². The molecule has 1 aliphatic rings. The van der Waals surface area contributed by atoms with Crippen LogP contribution >= 0.6 is 0 Å². The van der Waals surface area contributed by atoms with E-state index in [-0.39, 0.29) is 5.54 Å². The number of nitrogens with two attached hydrogens (primary N) is 1. The molecule has 0 unspecified atom stereocenters. The number of amides is 1. The van der Waals surface area contributed by atoms with Gasteiger partial charge in [0.15, 0.2) is 5.69 Å². The first-order valence-corrected chi connectivity index (χ1v) is 6.09. The lowest BCUT2D eigenvalue weighted by molar-refractivity contribution is 0.0993. The van der Waals surface area contributed by atoms with Crippen LogP contribution in [0.3, 0.4) is 0 Å². The Balaban J connectivity index is 2.57. The number of nitrogens with zero attached hydrogens (tertiary/aromatic N) is 2. The summed E-state index contributed by atoms with van der Waals surface area (Å²) in [6, 6.07) is 0. The molecular weight excluding hydrogens is 216 g/mol. The average Bonchev–Trinajstić information content (AvgIpc) is 2.69. The minimum atomic E-state index is -0.435. The van der Waals surface area contributed by atoms with Gasteiger partial charge in [-0.1, -0.05) is 6.92 Å². The highest BCUT2D eigenvalue weighted by molar-refractivity contribution is 5.92.